The number of halogens is 1. The third-order valence-corrected chi connectivity index (χ3v) is 5.31. The minimum Gasteiger partial charge on any atom is -0.333 e. The lowest BCUT2D eigenvalue weighted by molar-refractivity contribution is 0.213. The van der Waals surface area contributed by atoms with Gasteiger partial charge in [0.2, 0.25) is 0 Å². The standard InChI is InChI=1S/C13H17BrN4OS/c14-9-4-7-20-11(9)13-16-12(17-19-13)10(15)8-18-5-2-1-3-6-18/h4,7,10H,1-3,5-6,8,15H2. The summed E-state index contributed by atoms with van der Waals surface area (Å²) in [5, 5.41) is 6.01. The van der Waals surface area contributed by atoms with E-state index in [9.17, 15) is 0 Å². The second-order valence-corrected chi connectivity index (χ2v) is 6.79. The van der Waals surface area contributed by atoms with Crippen molar-refractivity contribution >= 4 is 27.3 Å². The highest BCUT2D eigenvalue weighted by atomic mass is 79.9. The number of thiophene rings is 1. The predicted octanol–water partition coefficient (Wildman–Crippen LogP) is 3.05. The Labute approximate surface area is 130 Å². The van der Waals surface area contributed by atoms with Crippen molar-refractivity contribution in [3.8, 4) is 10.8 Å². The van der Waals surface area contributed by atoms with Crippen molar-refractivity contribution in [2.24, 2.45) is 5.73 Å². The van der Waals surface area contributed by atoms with Gasteiger partial charge in [0.05, 0.1) is 6.04 Å². The molecule has 1 aliphatic rings. The van der Waals surface area contributed by atoms with Gasteiger partial charge < -0.3 is 15.2 Å². The lowest BCUT2D eigenvalue weighted by atomic mass is 10.1. The van der Waals surface area contributed by atoms with Gasteiger partial charge in [-0.25, -0.2) is 0 Å². The van der Waals surface area contributed by atoms with Crippen LogP contribution in [0.15, 0.2) is 20.4 Å². The number of hydrogen-bond donors (Lipinski definition) is 1. The van der Waals surface area contributed by atoms with Gasteiger partial charge in [-0.1, -0.05) is 11.6 Å². The van der Waals surface area contributed by atoms with Crippen LogP contribution in [0.2, 0.25) is 0 Å². The van der Waals surface area contributed by atoms with Crippen LogP contribution in [0.25, 0.3) is 10.8 Å². The van der Waals surface area contributed by atoms with Crippen LogP contribution in [-0.4, -0.2) is 34.7 Å². The van der Waals surface area contributed by atoms with Crippen molar-refractivity contribution in [1.82, 2.24) is 15.0 Å². The molecule has 2 aromatic rings. The third kappa shape index (κ3) is 3.11. The molecule has 108 valence electrons. The van der Waals surface area contributed by atoms with E-state index in [1.54, 1.807) is 11.3 Å². The first-order valence-corrected chi connectivity index (χ1v) is 8.46. The number of nitrogens with zero attached hydrogens (tertiary/aromatic N) is 3. The molecule has 0 spiro atoms. The number of rotatable bonds is 4. The van der Waals surface area contributed by atoms with Gasteiger partial charge in [-0.05, 0) is 53.3 Å². The average Bonchev–Trinajstić information content (AvgIpc) is 3.08. The molecule has 0 radical (unpaired) electrons. The van der Waals surface area contributed by atoms with E-state index in [1.165, 1.54) is 19.3 Å². The lowest BCUT2D eigenvalue weighted by Gasteiger charge is -2.27. The maximum absolute atomic E-state index is 6.20. The molecule has 2 aromatic heterocycles. The molecule has 7 heteroatoms. The summed E-state index contributed by atoms with van der Waals surface area (Å²) in [6.07, 6.45) is 3.84. The van der Waals surface area contributed by atoms with E-state index < -0.39 is 0 Å². The normalized spacial score (nSPS) is 18.3. The Morgan fingerprint density at radius 2 is 2.20 bits per heavy atom. The number of aromatic nitrogens is 2. The van der Waals surface area contributed by atoms with E-state index >= 15 is 0 Å². The van der Waals surface area contributed by atoms with Gasteiger partial charge in [0, 0.05) is 11.0 Å². The van der Waals surface area contributed by atoms with Crippen molar-refractivity contribution < 1.29 is 4.52 Å². The van der Waals surface area contributed by atoms with Crippen LogP contribution in [0, 0.1) is 0 Å². The second kappa shape index (κ2) is 6.34. The fourth-order valence-electron chi connectivity index (χ4n) is 2.43. The smallest absolute Gasteiger partial charge is 0.269 e. The minimum absolute atomic E-state index is 0.190. The van der Waals surface area contributed by atoms with Crippen molar-refractivity contribution in [1.29, 1.82) is 0 Å². The van der Waals surface area contributed by atoms with Gasteiger partial charge in [0.25, 0.3) is 5.89 Å². The molecule has 1 atom stereocenters. The highest BCUT2D eigenvalue weighted by molar-refractivity contribution is 9.10. The number of likely N-dealkylation sites (tertiary alicyclic amines) is 1. The van der Waals surface area contributed by atoms with Crippen LogP contribution in [0.1, 0.15) is 31.1 Å². The molecular weight excluding hydrogens is 340 g/mol. The monoisotopic (exact) mass is 356 g/mol. The van der Waals surface area contributed by atoms with Gasteiger partial charge in [-0.2, -0.15) is 4.98 Å². The lowest BCUT2D eigenvalue weighted by Crippen LogP contribution is -2.36. The van der Waals surface area contributed by atoms with Gasteiger partial charge in [0.1, 0.15) is 4.88 Å². The molecule has 5 nitrogen and oxygen atoms in total. The van der Waals surface area contributed by atoms with Crippen molar-refractivity contribution in [3.63, 3.8) is 0 Å². The summed E-state index contributed by atoms with van der Waals surface area (Å²) in [6, 6.07) is 1.78. The number of piperidine rings is 1. The highest BCUT2D eigenvalue weighted by Gasteiger charge is 2.20. The fourth-order valence-corrected chi connectivity index (χ4v) is 3.89. The Hall–Kier alpha value is -0.760. The van der Waals surface area contributed by atoms with Crippen molar-refractivity contribution in [2.45, 2.75) is 25.3 Å². The maximum atomic E-state index is 6.20. The van der Waals surface area contributed by atoms with Gasteiger partial charge >= 0.3 is 0 Å². The first kappa shape index (κ1) is 14.2. The molecule has 3 heterocycles. The Kier molecular flexibility index (Phi) is 4.50. The zero-order valence-corrected chi connectivity index (χ0v) is 13.5. The maximum Gasteiger partial charge on any atom is 0.269 e. The quantitative estimate of drug-likeness (QED) is 0.911. The summed E-state index contributed by atoms with van der Waals surface area (Å²) >= 11 is 5.04. The second-order valence-electron chi connectivity index (χ2n) is 5.02. The number of hydrogen-bond acceptors (Lipinski definition) is 6. The highest BCUT2D eigenvalue weighted by Crippen LogP contribution is 2.32. The molecule has 0 bridgehead atoms. The van der Waals surface area contributed by atoms with Gasteiger partial charge in [-0.15, -0.1) is 11.3 Å². The van der Waals surface area contributed by atoms with E-state index in [2.05, 4.69) is 31.0 Å². The van der Waals surface area contributed by atoms with E-state index in [4.69, 9.17) is 10.3 Å². The molecule has 1 fully saturated rings. The summed E-state index contributed by atoms with van der Waals surface area (Å²) in [6.45, 7) is 3.04. The average molecular weight is 357 g/mol. The molecular formula is C13H17BrN4OS. The summed E-state index contributed by atoms with van der Waals surface area (Å²) in [7, 11) is 0. The van der Waals surface area contributed by atoms with Crippen LogP contribution in [0.5, 0.6) is 0 Å². The molecule has 1 saturated heterocycles. The summed E-state index contributed by atoms with van der Waals surface area (Å²) in [5.41, 5.74) is 6.20. The van der Waals surface area contributed by atoms with Crippen LogP contribution < -0.4 is 5.73 Å². The summed E-state index contributed by atoms with van der Waals surface area (Å²) < 4.78 is 6.30. The first-order chi connectivity index (χ1) is 9.74. The largest absolute Gasteiger partial charge is 0.333 e. The van der Waals surface area contributed by atoms with Crippen molar-refractivity contribution in [3.05, 3.63) is 21.7 Å². The molecule has 1 unspecified atom stereocenters. The molecule has 0 aromatic carbocycles. The molecule has 0 saturated carbocycles. The van der Waals surface area contributed by atoms with Crippen molar-refractivity contribution in [2.75, 3.05) is 19.6 Å². The predicted molar refractivity (Wildman–Crippen MR) is 82.5 cm³/mol. The van der Waals surface area contributed by atoms with Gasteiger partial charge in [-0.3, -0.25) is 0 Å². The Bertz CT molecular complexity index is 564. The van der Waals surface area contributed by atoms with E-state index in [0.717, 1.165) is 29.0 Å². The third-order valence-electron chi connectivity index (χ3n) is 3.49. The topological polar surface area (TPSA) is 68.2 Å². The Morgan fingerprint density at radius 3 is 2.90 bits per heavy atom. The zero-order valence-electron chi connectivity index (χ0n) is 11.1. The first-order valence-electron chi connectivity index (χ1n) is 6.79. The van der Waals surface area contributed by atoms with Crippen LogP contribution in [-0.2, 0) is 0 Å². The molecule has 0 amide bonds. The van der Waals surface area contributed by atoms with Gasteiger partial charge in [0.15, 0.2) is 5.82 Å². The summed E-state index contributed by atoms with van der Waals surface area (Å²) in [4.78, 5) is 7.76. The Morgan fingerprint density at radius 1 is 1.40 bits per heavy atom. The van der Waals surface area contributed by atoms with Crippen LogP contribution >= 0.6 is 27.3 Å². The van der Waals surface area contributed by atoms with E-state index in [1.807, 2.05) is 11.4 Å². The number of nitrogens with two attached hydrogens (primary N) is 1. The zero-order chi connectivity index (χ0) is 13.9. The van der Waals surface area contributed by atoms with E-state index in [-0.39, 0.29) is 6.04 Å². The minimum atomic E-state index is -0.190. The molecule has 1 aliphatic heterocycles. The van der Waals surface area contributed by atoms with E-state index in [0.29, 0.717) is 11.7 Å². The SMILES string of the molecule is NC(CN1CCCCC1)c1noc(-c2sccc2Br)n1. The molecule has 3 rings (SSSR count). The molecule has 0 aliphatic carbocycles. The Balaban J connectivity index is 1.68. The van der Waals surface area contributed by atoms with Crippen LogP contribution in [0.4, 0.5) is 0 Å². The van der Waals surface area contributed by atoms with Crippen LogP contribution in [0.3, 0.4) is 0 Å². The summed E-state index contributed by atoms with van der Waals surface area (Å²) in [5.74, 6) is 1.13. The fraction of sp³-hybridized carbons (Fsp3) is 0.538. The molecule has 2 N–H and O–H groups in total. The molecule has 20 heavy (non-hydrogen) atoms.